The summed E-state index contributed by atoms with van der Waals surface area (Å²) >= 11 is 0. The Morgan fingerprint density at radius 3 is 1.05 bits per heavy atom. The van der Waals surface area contributed by atoms with Gasteiger partial charge in [0.15, 0.2) is 0 Å². The molecule has 0 spiro atoms. The van der Waals surface area contributed by atoms with Gasteiger partial charge in [-0.25, -0.2) is 0 Å². The van der Waals surface area contributed by atoms with Crippen LogP contribution in [0.25, 0.3) is 0 Å². The summed E-state index contributed by atoms with van der Waals surface area (Å²) in [5.74, 6) is 0. The molecule has 126 valence electrons. The molecule has 0 bridgehead atoms. The topological polar surface area (TPSA) is 60.7 Å². The third-order valence-electron chi connectivity index (χ3n) is 2.71. The van der Waals surface area contributed by atoms with E-state index >= 15 is 0 Å². The molecule has 5 heteroatoms. The van der Waals surface area contributed by atoms with Crippen LogP contribution >= 0.6 is 8.60 Å². The van der Waals surface area contributed by atoms with Crippen molar-refractivity contribution in [2.75, 3.05) is 0 Å². The van der Waals surface area contributed by atoms with Crippen LogP contribution in [0, 0.1) is 13.8 Å². The van der Waals surface area contributed by atoms with Gasteiger partial charge in [-0.2, -0.15) is 12.8 Å². The summed E-state index contributed by atoms with van der Waals surface area (Å²) in [5, 5.41) is 0. The first-order chi connectivity index (χ1) is 9.56. The van der Waals surface area contributed by atoms with Crippen LogP contribution in [0.2, 0.25) is 0 Å². The van der Waals surface area contributed by atoms with Gasteiger partial charge in [-0.05, 0) is 0 Å². The summed E-state index contributed by atoms with van der Waals surface area (Å²) in [5.41, 5.74) is 0. The van der Waals surface area contributed by atoms with Gasteiger partial charge in [-0.1, -0.05) is 78.1 Å². The van der Waals surface area contributed by atoms with E-state index in [1.54, 1.807) is 0 Å². The molecule has 3 nitrogen and oxygen atoms in total. The van der Waals surface area contributed by atoms with Crippen molar-refractivity contribution >= 4 is 31.7 Å². The van der Waals surface area contributed by atoms with Crippen molar-refractivity contribution < 1.29 is 14.7 Å². The Hall–Kier alpha value is 1.08. The molecule has 0 aromatic rings. The molecule has 3 N–H and O–H groups in total. The standard InChI is InChI=1S/2C8H17.Mg.H3O3P/c2*1-3-5-7-8-6-4-2;;1-4(2)3/h2*1,3-8H2,2H3;;1-3H/q2*-1;+2;. The predicted molar refractivity (Wildman–Crippen MR) is 96.8 cm³/mol. The summed E-state index contributed by atoms with van der Waals surface area (Å²) in [7, 11) is -2.62. The quantitative estimate of drug-likeness (QED) is 0.224. The molecule has 0 aromatic heterocycles. The fourth-order valence-corrected chi connectivity index (χ4v) is 1.56. The Kier molecular flexibility index (Phi) is 47.0. The zero-order valence-corrected chi connectivity index (χ0v) is 16.7. The zero-order valence-electron chi connectivity index (χ0n) is 14.4. The molecule has 0 radical (unpaired) electrons. The molecule has 0 rings (SSSR count). The maximum absolute atomic E-state index is 7.23. The van der Waals surface area contributed by atoms with Gasteiger partial charge in [0, 0.05) is 0 Å². The van der Waals surface area contributed by atoms with Gasteiger partial charge in [-0.3, -0.25) is 0 Å². The molecule has 0 heterocycles. The van der Waals surface area contributed by atoms with Crippen LogP contribution in [-0.4, -0.2) is 37.7 Å². The average molecular weight is 333 g/mol. The second kappa shape index (κ2) is 32.9. The van der Waals surface area contributed by atoms with Crippen molar-refractivity contribution in [1.29, 1.82) is 0 Å². The summed E-state index contributed by atoms with van der Waals surface area (Å²) in [6.07, 6.45) is 16.0. The predicted octanol–water partition coefficient (Wildman–Crippen LogP) is 5.17. The van der Waals surface area contributed by atoms with Gasteiger partial charge in [0.25, 0.3) is 0 Å². The Morgan fingerprint density at radius 1 is 0.619 bits per heavy atom. The molecule has 21 heavy (non-hydrogen) atoms. The van der Waals surface area contributed by atoms with Gasteiger partial charge >= 0.3 is 31.7 Å². The van der Waals surface area contributed by atoms with E-state index in [4.69, 9.17) is 14.7 Å². The Morgan fingerprint density at radius 2 is 0.857 bits per heavy atom. The van der Waals surface area contributed by atoms with Crippen molar-refractivity contribution in [1.82, 2.24) is 0 Å². The molecule has 0 aromatic carbocycles. The second-order valence-electron chi connectivity index (χ2n) is 4.80. The smallest absolute Gasteiger partial charge is 0.343 e. The van der Waals surface area contributed by atoms with Crippen LogP contribution in [0.3, 0.4) is 0 Å². The molecule has 0 fully saturated rings. The fourth-order valence-electron chi connectivity index (χ4n) is 1.56. The van der Waals surface area contributed by atoms with Crippen LogP contribution in [0.5, 0.6) is 0 Å². The maximum Gasteiger partial charge on any atom is 2.00 e. The van der Waals surface area contributed by atoms with E-state index in [0.717, 1.165) is 12.8 Å². The summed E-state index contributed by atoms with van der Waals surface area (Å²) in [4.78, 5) is 21.7. The van der Waals surface area contributed by atoms with E-state index in [-0.39, 0.29) is 23.1 Å². The maximum atomic E-state index is 7.23. The van der Waals surface area contributed by atoms with Crippen LogP contribution in [0.4, 0.5) is 0 Å². The summed E-state index contributed by atoms with van der Waals surface area (Å²) in [6.45, 7) is 12.0. The molecule has 0 aliphatic carbocycles. The number of hydrogen-bond donors (Lipinski definition) is 3. The SMILES string of the molecule is OP(O)O.[CH2-]CCCCCCC.[CH2-]CCCCCCC.[Mg+2]. The molecule has 0 saturated carbocycles. The first kappa shape index (κ1) is 30.0. The van der Waals surface area contributed by atoms with Crippen LogP contribution < -0.4 is 0 Å². The zero-order chi connectivity index (χ0) is 16.1. The van der Waals surface area contributed by atoms with E-state index in [1.165, 1.54) is 64.2 Å². The normalized spacial score (nSPS) is 9.14. The van der Waals surface area contributed by atoms with Crippen LogP contribution in [0.1, 0.15) is 90.9 Å². The molecule has 0 aliphatic heterocycles. The molecule has 0 unspecified atom stereocenters. The fraction of sp³-hybridized carbons (Fsp3) is 0.875. The van der Waals surface area contributed by atoms with Crippen LogP contribution in [0.15, 0.2) is 0 Å². The average Bonchev–Trinajstić information content (AvgIpc) is 2.40. The monoisotopic (exact) mass is 332 g/mol. The second-order valence-corrected chi connectivity index (χ2v) is 5.34. The minimum Gasteiger partial charge on any atom is -0.343 e. The van der Waals surface area contributed by atoms with Gasteiger partial charge in [0.1, 0.15) is 0 Å². The van der Waals surface area contributed by atoms with Crippen LogP contribution in [-0.2, 0) is 0 Å². The third-order valence-corrected chi connectivity index (χ3v) is 2.71. The molecular weight excluding hydrogens is 295 g/mol. The van der Waals surface area contributed by atoms with Gasteiger partial charge in [-0.15, -0.1) is 0 Å². The summed E-state index contributed by atoms with van der Waals surface area (Å²) < 4.78 is 0. The van der Waals surface area contributed by atoms with Gasteiger partial charge < -0.3 is 28.5 Å². The Balaban J connectivity index is -0.000000107. The molecule has 0 aliphatic rings. The van der Waals surface area contributed by atoms with Crippen molar-refractivity contribution in [3.05, 3.63) is 13.8 Å². The van der Waals surface area contributed by atoms with E-state index in [2.05, 4.69) is 27.7 Å². The number of rotatable bonds is 10. The van der Waals surface area contributed by atoms with E-state index in [1.807, 2.05) is 0 Å². The summed E-state index contributed by atoms with van der Waals surface area (Å²) in [6, 6.07) is 0. The minimum atomic E-state index is -2.62. The molecular formula is C16H37MgO3P. The Bertz CT molecular complexity index is 112. The first-order valence-electron chi connectivity index (χ1n) is 8.01. The number of hydrogen-bond acceptors (Lipinski definition) is 3. The van der Waals surface area contributed by atoms with E-state index in [0.29, 0.717) is 0 Å². The van der Waals surface area contributed by atoms with Crippen molar-refractivity contribution in [3.63, 3.8) is 0 Å². The van der Waals surface area contributed by atoms with Crippen molar-refractivity contribution in [3.8, 4) is 0 Å². The molecule has 0 atom stereocenters. The van der Waals surface area contributed by atoms with Gasteiger partial charge in [0.2, 0.25) is 0 Å². The number of unbranched alkanes of at least 4 members (excludes halogenated alkanes) is 10. The largest absolute Gasteiger partial charge is 2.00 e. The third kappa shape index (κ3) is 62.5. The molecule has 0 amide bonds. The minimum absolute atomic E-state index is 0. The van der Waals surface area contributed by atoms with Crippen molar-refractivity contribution in [2.45, 2.75) is 90.9 Å². The van der Waals surface area contributed by atoms with Gasteiger partial charge in [0.05, 0.1) is 0 Å². The van der Waals surface area contributed by atoms with Crippen molar-refractivity contribution in [2.24, 2.45) is 0 Å². The van der Waals surface area contributed by atoms with E-state index < -0.39 is 8.60 Å². The Labute approximate surface area is 151 Å². The molecule has 0 saturated heterocycles. The first-order valence-corrected chi connectivity index (χ1v) is 9.21. The van der Waals surface area contributed by atoms with E-state index in [9.17, 15) is 0 Å².